The maximum Gasteiger partial charge on any atom is 0.346 e. The molecule has 2 aromatic heterocycles. The van der Waals surface area contributed by atoms with Gasteiger partial charge in [-0.05, 0) is 12.1 Å². The summed E-state index contributed by atoms with van der Waals surface area (Å²) in [6, 6.07) is 3.08. The number of fused-ring (bicyclic) bond motifs is 1. The van der Waals surface area contributed by atoms with Crippen LogP contribution in [0, 0.1) is 17.5 Å². The summed E-state index contributed by atoms with van der Waals surface area (Å²) in [5, 5.41) is 10.2. The van der Waals surface area contributed by atoms with E-state index in [0.29, 0.717) is 22.0 Å². The molecule has 0 unspecified atom stereocenters. The molecule has 0 aliphatic heterocycles. The van der Waals surface area contributed by atoms with E-state index in [1.165, 1.54) is 5.38 Å². The molecule has 13 heteroatoms. The third-order valence-corrected chi connectivity index (χ3v) is 5.83. The second-order valence-corrected chi connectivity index (χ2v) is 7.71. The zero-order valence-corrected chi connectivity index (χ0v) is 18.6. The second kappa shape index (κ2) is 9.18. The number of hydrogen-bond acceptors (Lipinski definition) is 7. The lowest BCUT2D eigenvalue weighted by atomic mass is 10.2. The van der Waals surface area contributed by atoms with Crippen molar-refractivity contribution >= 4 is 28.2 Å². The van der Waals surface area contributed by atoms with E-state index in [1.807, 2.05) is 0 Å². The molecule has 0 atom stereocenters. The Kier molecular flexibility index (Phi) is 5.58. The zero-order valence-electron chi connectivity index (χ0n) is 19.8. The quantitative estimate of drug-likeness (QED) is 0.391. The van der Waals surface area contributed by atoms with E-state index in [0.717, 1.165) is 32.4 Å². The van der Waals surface area contributed by atoms with Gasteiger partial charge >= 0.3 is 11.7 Å². The zero-order chi connectivity index (χ0) is 27.2. The van der Waals surface area contributed by atoms with Gasteiger partial charge in [-0.1, -0.05) is 0 Å². The summed E-state index contributed by atoms with van der Waals surface area (Å²) in [6.07, 6.45) is 0. The van der Waals surface area contributed by atoms with Crippen LogP contribution in [0.4, 0.5) is 13.2 Å². The van der Waals surface area contributed by atoms with E-state index in [9.17, 15) is 28.3 Å². The van der Waals surface area contributed by atoms with Crippen LogP contribution >= 0.6 is 11.3 Å². The SMILES string of the molecule is [2H]C([2H])(Oc1cc(-n2c(=O)[nH]c3csc(C(=O)O)c3c2=O)c(F)cc1OC)c1c(OC)ccc(F)c1F. The van der Waals surface area contributed by atoms with Crippen LogP contribution in [0.5, 0.6) is 17.2 Å². The minimum Gasteiger partial charge on any atom is -0.496 e. The Morgan fingerprint density at radius 2 is 1.83 bits per heavy atom. The van der Waals surface area contributed by atoms with Gasteiger partial charge in [0, 0.05) is 17.5 Å². The first kappa shape index (κ1) is 21.3. The molecule has 0 bridgehead atoms. The average Bonchev–Trinajstić information content (AvgIpc) is 3.26. The largest absolute Gasteiger partial charge is 0.496 e. The number of methoxy groups -OCH3 is 2. The van der Waals surface area contributed by atoms with Gasteiger partial charge in [-0.25, -0.2) is 27.3 Å². The number of ether oxygens (including phenoxy) is 3. The first-order chi connectivity index (χ1) is 17.4. The van der Waals surface area contributed by atoms with Crippen LogP contribution in [0.3, 0.4) is 0 Å². The van der Waals surface area contributed by atoms with Gasteiger partial charge in [0.15, 0.2) is 29.0 Å². The summed E-state index contributed by atoms with van der Waals surface area (Å²) in [7, 11) is 2.17. The molecule has 182 valence electrons. The highest BCUT2D eigenvalue weighted by Gasteiger charge is 2.23. The molecule has 0 fully saturated rings. The van der Waals surface area contributed by atoms with Crippen molar-refractivity contribution in [3.8, 4) is 22.9 Å². The Bertz CT molecular complexity index is 1680. The number of carboxylic acids is 1. The Balaban J connectivity index is 1.94. The van der Waals surface area contributed by atoms with Gasteiger partial charge in [-0.2, -0.15) is 0 Å². The normalized spacial score (nSPS) is 12.3. The summed E-state index contributed by atoms with van der Waals surface area (Å²) >= 11 is 0.674. The van der Waals surface area contributed by atoms with Crippen molar-refractivity contribution in [2.24, 2.45) is 0 Å². The number of aromatic carboxylic acids is 1. The number of aromatic nitrogens is 2. The van der Waals surface area contributed by atoms with E-state index in [1.54, 1.807) is 0 Å². The molecule has 0 aliphatic carbocycles. The summed E-state index contributed by atoms with van der Waals surface area (Å²) < 4.78 is 75.4. The summed E-state index contributed by atoms with van der Waals surface area (Å²) in [5.74, 6) is -7.08. The van der Waals surface area contributed by atoms with Gasteiger partial charge in [0.25, 0.3) is 5.56 Å². The summed E-state index contributed by atoms with van der Waals surface area (Å²) in [5.41, 5.74) is -4.10. The maximum absolute atomic E-state index is 15.1. The van der Waals surface area contributed by atoms with Gasteiger partial charge in [0.1, 0.15) is 17.2 Å². The predicted molar refractivity (Wildman–Crippen MR) is 119 cm³/mol. The number of nitrogens with zero attached hydrogens (tertiary/aromatic N) is 1. The predicted octanol–water partition coefficient (Wildman–Crippen LogP) is 3.45. The summed E-state index contributed by atoms with van der Waals surface area (Å²) in [6.45, 7) is -3.13. The number of carbonyl (C=O) groups is 1. The number of H-pyrrole nitrogens is 1. The van der Waals surface area contributed by atoms with E-state index in [4.69, 9.17) is 17.0 Å². The molecular weight excluding hydrogens is 493 g/mol. The van der Waals surface area contributed by atoms with Crippen LogP contribution in [0.15, 0.2) is 39.2 Å². The average molecular weight is 510 g/mol. The highest BCUT2D eigenvalue weighted by atomic mass is 32.1. The van der Waals surface area contributed by atoms with Crippen LogP contribution in [0.1, 0.15) is 18.0 Å². The molecule has 0 aliphatic rings. The van der Waals surface area contributed by atoms with Crippen molar-refractivity contribution in [3.63, 3.8) is 0 Å². The maximum atomic E-state index is 15.1. The van der Waals surface area contributed by atoms with Crippen molar-refractivity contribution in [3.05, 3.63) is 78.4 Å². The number of hydrogen-bond donors (Lipinski definition) is 2. The van der Waals surface area contributed by atoms with Crippen molar-refractivity contribution in [2.45, 2.75) is 6.56 Å². The number of halogens is 3. The standard InChI is InChI=1S/C22H15F3N2O7S/c1-32-14-4-3-10(23)18(25)9(14)7-34-16-6-13(11(24)5-15(16)33-2)27-20(28)17-12(26-22(27)31)8-35-19(17)21(29)30/h3-6,8H,7H2,1-2H3,(H,26,31)(H,29,30)/i7D2. The summed E-state index contributed by atoms with van der Waals surface area (Å²) in [4.78, 5) is 39.2. The number of nitrogens with one attached hydrogen (secondary N) is 1. The minimum absolute atomic E-state index is 0.0796. The van der Waals surface area contributed by atoms with Crippen molar-refractivity contribution in [1.29, 1.82) is 0 Å². The lowest BCUT2D eigenvalue weighted by Crippen LogP contribution is -2.34. The molecule has 0 amide bonds. The molecular formula is C22H15F3N2O7S. The van der Waals surface area contributed by atoms with E-state index in [-0.39, 0.29) is 5.52 Å². The fraction of sp³-hybridized carbons (Fsp3) is 0.136. The van der Waals surface area contributed by atoms with Gasteiger partial charge in [-0.3, -0.25) is 4.79 Å². The van der Waals surface area contributed by atoms with Gasteiger partial charge < -0.3 is 24.3 Å². The monoisotopic (exact) mass is 510 g/mol. The molecule has 9 nitrogen and oxygen atoms in total. The number of thiophene rings is 1. The Morgan fingerprint density at radius 3 is 2.49 bits per heavy atom. The van der Waals surface area contributed by atoms with Crippen molar-refractivity contribution in [2.75, 3.05) is 14.2 Å². The third kappa shape index (κ3) is 4.10. The molecule has 4 rings (SSSR count). The molecule has 0 radical (unpaired) electrons. The van der Waals surface area contributed by atoms with Crippen LogP contribution < -0.4 is 25.5 Å². The van der Waals surface area contributed by atoms with Gasteiger partial charge in [-0.15, -0.1) is 11.3 Å². The van der Waals surface area contributed by atoms with Gasteiger partial charge in [0.2, 0.25) is 0 Å². The smallest absolute Gasteiger partial charge is 0.346 e. The molecule has 4 aromatic rings. The van der Waals surface area contributed by atoms with Crippen LogP contribution in [0.2, 0.25) is 0 Å². The van der Waals surface area contributed by atoms with Crippen LogP contribution in [0.25, 0.3) is 16.6 Å². The fourth-order valence-corrected chi connectivity index (χ4v) is 4.08. The lowest BCUT2D eigenvalue weighted by molar-refractivity contribution is 0.0704. The number of aromatic amines is 1. The fourth-order valence-electron chi connectivity index (χ4n) is 3.25. The van der Waals surface area contributed by atoms with Crippen molar-refractivity contribution < 1.29 is 40.0 Å². The first-order valence-electron chi connectivity index (χ1n) is 10.5. The highest BCUT2D eigenvalue weighted by Crippen LogP contribution is 2.33. The van der Waals surface area contributed by atoms with E-state index in [2.05, 4.69) is 4.98 Å². The molecule has 35 heavy (non-hydrogen) atoms. The lowest BCUT2D eigenvalue weighted by Gasteiger charge is -2.16. The Labute approximate surface area is 200 Å². The van der Waals surface area contributed by atoms with E-state index >= 15 is 4.39 Å². The van der Waals surface area contributed by atoms with E-state index < -0.39 is 80.0 Å². The van der Waals surface area contributed by atoms with Gasteiger partial charge in [0.05, 0.1) is 39.1 Å². The molecule has 0 saturated carbocycles. The number of benzene rings is 2. The first-order valence-corrected chi connectivity index (χ1v) is 10.4. The van der Waals surface area contributed by atoms with Crippen LogP contribution in [-0.4, -0.2) is 34.8 Å². The Hall–Kier alpha value is -4.26. The van der Waals surface area contributed by atoms with Crippen molar-refractivity contribution in [1.82, 2.24) is 9.55 Å². The molecule has 0 spiro atoms. The molecule has 0 saturated heterocycles. The second-order valence-electron chi connectivity index (χ2n) is 6.83. The Morgan fingerprint density at radius 1 is 1.11 bits per heavy atom. The number of rotatable bonds is 7. The third-order valence-electron chi connectivity index (χ3n) is 4.86. The number of carboxylic acid groups (broad SMARTS) is 1. The molecule has 2 N–H and O–H groups in total. The molecule has 2 aromatic carbocycles. The van der Waals surface area contributed by atoms with Crippen LogP contribution in [-0.2, 0) is 6.56 Å². The minimum atomic E-state index is -3.13. The molecule has 2 heterocycles. The topological polar surface area (TPSA) is 120 Å². The highest BCUT2D eigenvalue weighted by molar-refractivity contribution is 7.13.